The zero-order valence-electron chi connectivity index (χ0n) is 8.28. The molecule has 0 radical (unpaired) electrons. The summed E-state index contributed by atoms with van der Waals surface area (Å²) >= 11 is 0. The largest absolute Gasteiger partial charge is 0.479 e. The Bertz CT molecular complexity index is 463. The number of hydrogen-bond donors (Lipinski definition) is 3. The molecule has 0 heterocycles. The number of rotatable bonds is 4. The Morgan fingerprint density at radius 1 is 1.41 bits per heavy atom. The lowest BCUT2D eigenvalue weighted by molar-refractivity contribution is -0.385. The van der Waals surface area contributed by atoms with Crippen LogP contribution in [0.1, 0.15) is 11.7 Å². The summed E-state index contributed by atoms with van der Waals surface area (Å²) in [5.74, 6) is -2.80. The monoisotopic (exact) mass is 245 g/mol. The quantitative estimate of drug-likeness (QED) is 0.515. The number of nitrogens with zero attached hydrogens (tertiary/aromatic N) is 1. The second kappa shape index (κ2) is 4.85. The normalized spacial score (nSPS) is 14.1. The molecule has 0 aliphatic carbocycles. The van der Waals surface area contributed by atoms with Gasteiger partial charge in [-0.2, -0.15) is 0 Å². The molecule has 0 saturated carbocycles. The highest BCUT2D eigenvalue weighted by Crippen LogP contribution is 2.24. The zero-order valence-corrected chi connectivity index (χ0v) is 8.28. The van der Waals surface area contributed by atoms with E-state index in [1.807, 2.05) is 0 Å². The Morgan fingerprint density at radius 3 is 2.47 bits per heavy atom. The maximum Gasteiger partial charge on any atom is 0.335 e. The van der Waals surface area contributed by atoms with E-state index in [9.17, 15) is 24.4 Å². The van der Waals surface area contributed by atoms with E-state index in [1.54, 1.807) is 0 Å². The molecule has 0 spiro atoms. The molecule has 0 fully saturated rings. The van der Waals surface area contributed by atoms with E-state index in [2.05, 4.69) is 0 Å². The van der Waals surface area contributed by atoms with Crippen molar-refractivity contribution in [1.29, 1.82) is 0 Å². The van der Waals surface area contributed by atoms with Crippen molar-refractivity contribution in [3.63, 3.8) is 0 Å². The zero-order chi connectivity index (χ0) is 13.2. The van der Waals surface area contributed by atoms with Crippen LogP contribution in [0, 0.1) is 15.9 Å². The fourth-order valence-electron chi connectivity index (χ4n) is 1.18. The average Bonchev–Trinajstić information content (AvgIpc) is 2.27. The molecule has 92 valence electrons. The minimum Gasteiger partial charge on any atom is -0.479 e. The minimum absolute atomic E-state index is 0.516. The Labute approximate surface area is 93.9 Å². The maximum atomic E-state index is 13.2. The summed E-state index contributed by atoms with van der Waals surface area (Å²) in [5, 5.41) is 37.2. The third-order valence-corrected chi connectivity index (χ3v) is 2.06. The molecule has 0 saturated heterocycles. The smallest absolute Gasteiger partial charge is 0.335 e. The van der Waals surface area contributed by atoms with Gasteiger partial charge in [-0.25, -0.2) is 9.18 Å². The summed E-state index contributed by atoms with van der Waals surface area (Å²) < 4.78 is 13.2. The first-order chi connectivity index (χ1) is 7.84. The van der Waals surface area contributed by atoms with Gasteiger partial charge in [0.05, 0.1) is 4.92 Å². The van der Waals surface area contributed by atoms with Gasteiger partial charge in [0.1, 0.15) is 11.9 Å². The van der Waals surface area contributed by atoms with Crippen LogP contribution < -0.4 is 0 Å². The third kappa shape index (κ3) is 2.74. The minimum atomic E-state index is -2.26. The van der Waals surface area contributed by atoms with Gasteiger partial charge in [0.15, 0.2) is 6.10 Å². The van der Waals surface area contributed by atoms with E-state index in [0.717, 1.165) is 6.07 Å². The lowest BCUT2D eigenvalue weighted by Crippen LogP contribution is -2.28. The highest BCUT2D eigenvalue weighted by Gasteiger charge is 2.28. The fraction of sp³-hybridized carbons (Fsp3) is 0.222. The molecule has 17 heavy (non-hydrogen) atoms. The molecule has 0 aromatic heterocycles. The van der Waals surface area contributed by atoms with E-state index in [1.165, 1.54) is 0 Å². The highest BCUT2D eigenvalue weighted by atomic mass is 19.1. The van der Waals surface area contributed by atoms with Crippen molar-refractivity contribution in [2.75, 3.05) is 0 Å². The van der Waals surface area contributed by atoms with Gasteiger partial charge in [-0.1, -0.05) is 0 Å². The van der Waals surface area contributed by atoms with Crippen LogP contribution in [-0.2, 0) is 4.79 Å². The molecule has 2 unspecified atom stereocenters. The number of nitro groups is 1. The van der Waals surface area contributed by atoms with Crippen LogP contribution in [-0.4, -0.2) is 32.3 Å². The molecule has 0 aliphatic heterocycles. The van der Waals surface area contributed by atoms with Gasteiger partial charge >= 0.3 is 5.97 Å². The number of non-ortho nitro benzene ring substituents is 1. The first kappa shape index (κ1) is 13.0. The number of halogens is 1. The average molecular weight is 245 g/mol. The molecule has 0 amide bonds. The number of carboxylic acids is 1. The Hall–Kier alpha value is -2.06. The van der Waals surface area contributed by atoms with Crippen molar-refractivity contribution in [2.45, 2.75) is 12.2 Å². The molecule has 7 nitrogen and oxygen atoms in total. The molecule has 8 heteroatoms. The van der Waals surface area contributed by atoms with Crippen LogP contribution in [0.15, 0.2) is 18.2 Å². The summed E-state index contributed by atoms with van der Waals surface area (Å²) in [4.78, 5) is 20.0. The van der Waals surface area contributed by atoms with Crippen LogP contribution in [0.25, 0.3) is 0 Å². The van der Waals surface area contributed by atoms with Gasteiger partial charge < -0.3 is 15.3 Å². The van der Waals surface area contributed by atoms with Gasteiger partial charge in [0, 0.05) is 17.7 Å². The number of aliphatic hydroxyl groups is 2. The van der Waals surface area contributed by atoms with Gasteiger partial charge in [0.25, 0.3) is 5.69 Å². The molecular weight excluding hydrogens is 237 g/mol. The summed E-state index contributed by atoms with van der Waals surface area (Å²) in [5.41, 5.74) is -1.16. The maximum absolute atomic E-state index is 13.2. The van der Waals surface area contributed by atoms with Crippen molar-refractivity contribution in [1.82, 2.24) is 0 Å². The molecule has 2 atom stereocenters. The molecule has 1 aromatic carbocycles. The molecular formula is C9H8FNO6. The van der Waals surface area contributed by atoms with Crippen LogP contribution in [0.5, 0.6) is 0 Å². The lowest BCUT2D eigenvalue weighted by atomic mass is 10.0. The van der Waals surface area contributed by atoms with Gasteiger partial charge in [-0.15, -0.1) is 0 Å². The Kier molecular flexibility index (Phi) is 3.71. The van der Waals surface area contributed by atoms with Crippen LogP contribution in [0.2, 0.25) is 0 Å². The summed E-state index contributed by atoms with van der Waals surface area (Å²) in [7, 11) is 0. The van der Waals surface area contributed by atoms with Crippen LogP contribution >= 0.6 is 0 Å². The lowest BCUT2D eigenvalue weighted by Gasteiger charge is -2.14. The number of hydrogen-bond acceptors (Lipinski definition) is 5. The SMILES string of the molecule is O=C(O)C(O)C(O)c1cc([N+](=O)[O-])ccc1F. The van der Waals surface area contributed by atoms with Crippen molar-refractivity contribution >= 4 is 11.7 Å². The second-order valence-electron chi connectivity index (χ2n) is 3.19. The fourth-order valence-corrected chi connectivity index (χ4v) is 1.18. The van der Waals surface area contributed by atoms with Gasteiger partial charge in [0.2, 0.25) is 0 Å². The Balaban J connectivity index is 3.16. The predicted molar refractivity (Wildman–Crippen MR) is 51.7 cm³/mol. The van der Waals surface area contributed by atoms with Crippen LogP contribution in [0.4, 0.5) is 10.1 Å². The van der Waals surface area contributed by atoms with Crippen molar-refractivity contribution in [3.8, 4) is 0 Å². The van der Waals surface area contributed by atoms with E-state index >= 15 is 0 Å². The van der Waals surface area contributed by atoms with Crippen molar-refractivity contribution < 1.29 is 29.4 Å². The van der Waals surface area contributed by atoms with Crippen molar-refractivity contribution in [3.05, 3.63) is 39.7 Å². The molecule has 1 aromatic rings. The van der Waals surface area contributed by atoms with E-state index in [0.29, 0.717) is 12.1 Å². The number of carboxylic acid groups (broad SMARTS) is 1. The first-order valence-electron chi connectivity index (χ1n) is 4.37. The summed E-state index contributed by atoms with van der Waals surface area (Å²) in [6.45, 7) is 0. The van der Waals surface area contributed by atoms with E-state index < -0.39 is 40.2 Å². The van der Waals surface area contributed by atoms with E-state index in [-0.39, 0.29) is 0 Å². The topological polar surface area (TPSA) is 121 Å². The van der Waals surface area contributed by atoms with Gasteiger partial charge in [-0.05, 0) is 6.07 Å². The number of nitro benzene ring substituents is 1. The summed E-state index contributed by atoms with van der Waals surface area (Å²) in [6.07, 6.45) is -4.33. The predicted octanol–water partition coefficient (Wildman–Crippen LogP) is 0.213. The number of aliphatic carboxylic acids is 1. The third-order valence-electron chi connectivity index (χ3n) is 2.06. The highest BCUT2D eigenvalue weighted by molar-refractivity contribution is 5.73. The molecule has 0 aliphatic rings. The second-order valence-corrected chi connectivity index (χ2v) is 3.19. The standard InChI is InChI=1S/C9H8FNO6/c10-6-2-1-4(11(16)17)3-5(6)7(12)8(13)9(14)15/h1-3,7-8,12-13H,(H,14,15). The molecule has 1 rings (SSSR count). The van der Waals surface area contributed by atoms with E-state index in [4.69, 9.17) is 10.2 Å². The number of carbonyl (C=O) groups is 1. The molecule has 3 N–H and O–H groups in total. The Morgan fingerprint density at radius 2 is 2.00 bits per heavy atom. The first-order valence-corrected chi connectivity index (χ1v) is 4.37. The van der Waals surface area contributed by atoms with Crippen LogP contribution in [0.3, 0.4) is 0 Å². The van der Waals surface area contributed by atoms with Crippen molar-refractivity contribution in [2.24, 2.45) is 0 Å². The molecule has 0 bridgehead atoms. The number of benzene rings is 1. The van der Waals surface area contributed by atoms with Gasteiger partial charge in [-0.3, -0.25) is 10.1 Å². The number of aliphatic hydroxyl groups excluding tert-OH is 2. The summed E-state index contributed by atoms with van der Waals surface area (Å²) in [6, 6.07) is 2.25.